The van der Waals surface area contributed by atoms with Crippen LogP contribution in [-0.2, 0) is 16.2 Å². The van der Waals surface area contributed by atoms with E-state index in [4.69, 9.17) is 4.42 Å². The van der Waals surface area contributed by atoms with E-state index in [1.807, 2.05) is 0 Å². The van der Waals surface area contributed by atoms with Crippen molar-refractivity contribution in [3.63, 3.8) is 0 Å². The summed E-state index contributed by atoms with van der Waals surface area (Å²) in [6.07, 6.45) is -4.48. The molecule has 0 fully saturated rings. The van der Waals surface area contributed by atoms with Crippen LogP contribution in [0.15, 0.2) is 57.8 Å². The van der Waals surface area contributed by atoms with E-state index < -0.39 is 21.8 Å². The number of hydrogen-bond donors (Lipinski definition) is 1. The predicted octanol–water partition coefficient (Wildman–Crippen LogP) is 4.78. The van der Waals surface area contributed by atoms with Gasteiger partial charge in [-0.3, -0.25) is 4.72 Å². The van der Waals surface area contributed by atoms with Crippen LogP contribution in [0.5, 0.6) is 0 Å². The highest BCUT2D eigenvalue weighted by molar-refractivity contribution is 7.92. The van der Waals surface area contributed by atoms with Crippen LogP contribution >= 0.6 is 0 Å². The molecule has 2 aromatic carbocycles. The first-order valence-electron chi connectivity index (χ1n) is 7.81. The minimum atomic E-state index is -4.48. The first-order valence-corrected chi connectivity index (χ1v) is 9.29. The third-order valence-electron chi connectivity index (χ3n) is 3.81. The van der Waals surface area contributed by atoms with Crippen LogP contribution in [0.1, 0.15) is 17.2 Å². The van der Waals surface area contributed by atoms with Crippen molar-refractivity contribution in [3.8, 4) is 11.3 Å². The summed E-state index contributed by atoms with van der Waals surface area (Å²) in [5, 5.41) is 0. The van der Waals surface area contributed by atoms with Gasteiger partial charge in [-0.15, -0.1) is 0 Å². The summed E-state index contributed by atoms with van der Waals surface area (Å²) in [5.74, 6) is 1.12. The second-order valence-electron chi connectivity index (χ2n) is 5.84. The van der Waals surface area contributed by atoms with Gasteiger partial charge in [0.2, 0.25) is 0 Å². The lowest BCUT2D eigenvalue weighted by molar-refractivity contribution is -0.137. The van der Waals surface area contributed by atoms with Gasteiger partial charge < -0.3 is 4.42 Å². The van der Waals surface area contributed by atoms with Gasteiger partial charge in [-0.2, -0.15) is 13.2 Å². The maximum Gasteiger partial charge on any atom is 0.416 e. The fourth-order valence-corrected chi connectivity index (χ4v) is 3.59. The number of hydrogen-bond acceptors (Lipinski definition) is 4. The Labute approximate surface area is 153 Å². The molecule has 1 aromatic heterocycles. The van der Waals surface area contributed by atoms with Gasteiger partial charge in [0.25, 0.3) is 10.0 Å². The van der Waals surface area contributed by atoms with Gasteiger partial charge in [-0.25, -0.2) is 13.4 Å². The molecule has 1 heterocycles. The minimum Gasteiger partial charge on any atom is -0.446 e. The number of sulfonamides is 1. The summed E-state index contributed by atoms with van der Waals surface area (Å²) in [6.45, 7) is 3.47. The van der Waals surface area contributed by atoms with Crippen LogP contribution in [0.25, 0.3) is 11.3 Å². The number of aryl methyl sites for hydroxylation is 2. The molecule has 27 heavy (non-hydrogen) atoms. The number of halogens is 3. The van der Waals surface area contributed by atoms with Crippen LogP contribution in [-0.4, -0.2) is 13.4 Å². The number of anilines is 1. The first kappa shape index (κ1) is 19.0. The van der Waals surface area contributed by atoms with Gasteiger partial charge >= 0.3 is 6.18 Å². The number of rotatable bonds is 4. The number of nitrogens with zero attached hydrogens (tertiary/aromatic N) is 1. The smallest absolute Gasteiger partial charge is 0.416 e. The Kier molecular flexibility index (Phi) is 4.73. The van der Waals surface area contributed by atoms with Crippen molar-refractivity contribution in [3.05, 3.63) is 65.7 Å². The van der Waals surface area contributed by atoms with E-state index in [-0.39, 0.29) is 10.6 Å². The second-order valence-corrected chi connectivity index (χ2v) is 7.53. The number of benzene rings is 2. The van der Waals surface area contributed by atoms with E-state index >= 15 is 0 Å². The van der Waals surface area contributed by atoms with Crippen molar-refractivity contribution < 1.29 is 26.0 Å². The third kappa shape index (κ3) is 4.13. The molecule has 0 atom stereocenters. The molecule has 3 rings (SSSR count). The fraction of sp³-hybridized carbons (Fsp3) is 0.167. The average Bonchev–Trinajstić information content (AvgIpc) is 2.93. The maximum atomic E-state index is 12.6. The quantitative estimate of drug-likeness (QED) is 0.689. The van der Waals surface area contributed by atoms with Crippen LogP contribution in [0.3, 0.4) is 0 Å². The molecule has 0 bridgehead atoms. The van der Waals surface area contributed by atoms with Crippen LogP contribution in [0.2, 0.25) is 0 Å². The monoisotopic (exact) mass is 396 g/mol. The van der Waals surface area contributed by atoms with Gasteiger partial charge in [0, 0.05) is 18.2 Å². The van der Waals surface area contributed by atoms with E-state index in [1.54, 1.807) is 26.0 Å². The number of alkyl halides is 3. The van der Waals surface area contributed by atoms with Crippen molar-refractivity contribution in [2.75, 3.05) is 4.72 Å². The first-order chi connectivity index (χ1) is 12.6. The van der Waals surface area contributed by atoms with Crippen LogP contribution in [0.4, 0.5) is 18.9 Å². The van der Waals surface area contributed by atoms with Crippen molar-refractivity contribution in [2.45, 2.75) is 24.9 Å². The summed E-state index contributed by atoms with van der Waals surface area (Å²) in [6, 6.07) is 9.73. The van der Waals surface area contributed by atoms with Gasteiger partial charge in [-0.05, 0) is 43.3 Å². The normalized spacial score (nSPS) is 12.2. The molecule has 0 radical (unpaired) electrons. The zero-order valence-electron chi connectivity index (χ0n) is 14.3. The SMILES string of the molecule is Cc1nc(-c2ccc(S(=O)(=O)Nc3ccc(C(F)(F)F)cc3)cc2)c(C)o1. The Morgan fingerprint density at radius 3 is 2.04 bits per heavy atom. The molecule has 0 aliphatic heterocycles. The van der Waals surface area contributed by atoms with Gasteiger partial charge in [0.05, 0.1) is 10.5 Å². The highest BCUT2D eigenvalue weighted by Crippen LogP contribution is 2.30. The molecule has 0 unspecified atom stereocenters. The Balaban J connectivity index is 1.82. The summed E-state index contributed by atoms with van der Waals surface area (Å²) in [4.78, 5) is 4.22. The van der Waals surface area contributed by atoms with Crippen LogP contribution < -0.4 is 4.72 Å². The molecular formula is C18H15F3N2O3S. The lowest BCUT2D eigenvalue weighted by Crippen LogP contribution is -2.13. The topological polar surface area (TPSA) is 72.2 Å². The molecule has 3 aromatic rings. The molecule has 9 heteroatoms. The highest BCUT2D eigenvalue weighted by Gasteiger charge is 2.30. The molecule has 0 aliphatic carbocycles. The average molecular weight is 396 g/mol. The minimum absolute atomic E-state index is 0.0241. The molecule has 0 spiro atoms. The summed E-state index contributed by atoms with van der Waals surface area (Å²) < 4.78 is 70.2. The molecular weight excluding hydrogens is 381 g/mol. The second kappa shape index (κ2) is 6.73. The van der Waals surface area contributed by atoms with Gasteiger partial charge in [0.1, 0.15) is 11.5 Å². The summed E-state index contributed by atoms with van der Waals surface area (Å²) >= 11 is 0. The van der Waals surface area contributed by atoms with Crippen molar-refractivity contribution >= 4 is 15.7 Å². The van der Waals surface area contributed by atoms with E-state index in [2.05, 4.69) is 9.71 Å². The zero-order valence-corrected chi connectivity index (χ0v) is 15.1. The summed E-state index contributed by atoms with van der Waals surface area (Å²) in [7, 11) is -3.94. The molecule has 5 nitrogen and oxygen atoms in total. The van der Waals surface area contributed by atoms with Crippen molar-refractivity contribution in [2.24, 2.45) is 0 Å². The van der Waals surface area contributed by atoms with E-state index in [1.165, 1.54) is 12.1 Å². The van der Waals surface area contributed by atoms with E-state index in [9.17, 15) is 21.6 Å². The molecule has 0 amide bonds. The standard InChI is InChI=1S/C18H15F3N2O3S/c1-11-17(22-12(2)26-11)13-3-9-16(10-4-13)27(24,25)23-15-7-5-14(6-8-15)18(19,20)21/h3-10,23H,1-2H3. The Morgan fingerprint density at radius 1 is 0.963 bits per heavy atom. The summed E-state index contributed by atoms with van der Waals surface area (Å²) in [5.41, 5.74) is 0.494. The molecule has 0 saturated carbocycles. The molecule has 1 N–H and O–H groups in total. The maximum absolute atomic E-state index is 12.6. The largest absolute Gasteiger partial charge is 0.446 e. The highest BCUT2D eigenvalue weighted by atomic mass is 32.2. The zero-order chi connectivity index (χ0) is 19.8. The molecule has 0 saturated heterocycles. The third-order valence-corrected chi connectivity index (χ3v) is 5.20. The predicted molar refractivity (Wildman–Crippen MR) is 93.7 cm³/mol. The van der Waals surface area contributed by atoms with Gasteiger partial charge in [-0.1, -0.05) is 12.1 Å². The van der Waals surface area contributed by atoms with Crippen molar-refractivity contribution in [1.29, 1.82) is 0 Å². The Bertz CT molecular complexity index is 1050. The number of nitrogens with one attached hydrogen (secondary N) is 1. The number of oxazole rings is 1. The lowest BCUT2D eigenvalue weighted by Gasteiger charge is -2.10. The lowest BCUT2D eigenvalue weighted by atomic mass is 10.1. The Hall–Kier alpha value is -2.81. The van der Waals surface area contributed by atoms with E-state index in [0.717, 1.165) is 24.3 Å². The fourth-order valence-electron chi connectivity index (χ4n) is 2.53. The number of aromatic nitrogens is 1. The molecule has 142 valence electrons. The Morgan fingerprint density at radius 2 is 1.56 bits per heavy atom. The molecule has 0 aliphatic rings. The van der Waals surface area contributed by atoms with Gasteiger partial charge in [0.15, 0.2) is 5.89 Å². The van der Waals surface area contributed by atoms with Crippen LogP contribution in [0, 0.1) is 13.8 Å². The van der Waals surface area contributed by atoms with E-state index in [0.29, 0.717) is 22.9 Å². The van der Waals surface area contributed by atoms with Crippen molar-refractivity contribution in [1.82, 2.24) is 4.98 Å².